The fraction of sp³-hybridized carbons (Fsp3) is 0.231. The van der Waals surface area contributed by atoms with Crippen molar-refractivity contribution >= 4 is 11.6 Å². The maximum atomic E-state index is 10.7. The summed E-state index contributed by atoms with van der Waals surface area (Å²) in [6.45, 7) is 1.72. The number of rotatable bonds is 3. The Morgan fingerprint density at radius 2 is 2.26 bits per heavy atom. The van der Waals surface area contributed by atoms with E-state index >= 15 is 0 Å². The van der Waals surface area contributed by atoms with Crippen LogP contribution in [0.1, 0.15) is 12.5 Å². The van der Waals surface area contributed by atoms with Gasteiger partial charge in [-0.15, -0.1) is 5.92 Å². The lowest BCUT2D eigenvalue weighted by Gasteiger charge is -2.23. The monoisotopic (exact) mass is 277 g/mol. The second-order valence-electron chi connectivity index (χ2n) is 3.99. The molecule has 1 heterocycles. The van der Waals surface area contributed by atoms with Crippen molar-refractivity contribution in [3.05, 3.63) is 41.4 Å². The average molecular weight is 278 g/mol. The summed E-state index contributed by atoms with van der Waals surface area (Å²) in [4.78, 5) is 3.82. The lowest BCUT2D eigenvalue weighted by molar-refractivity contribution is 0.0759. The lowest BCUT2D eigenvalue weighted by Crippen LogP contribution is -2.30. The first kappa shape index (κ1) is 13.4. The van der Waals surface area contributed by atoms with E-state index in [2.05, 4.69) is 21.9 Å². The van der Waals surface area contributed by atoms with E-state index in [4.69, 9.17) is 11.6 Å². The fourth-order valence-corrected chi connectivity index (χ4v) is 2.12. The van der Waals surface area contributed by atoms with Gasteiger partial charge in [-0.3, -0.25) is 0 Å². The number of hydrogen-bond donors (Lipinski definition) is 2. The van der Waals surface area contributed by atoms with Gasteiger partial charge in [0.15, 0.2) is 5.60 Å². The molecule has 2 N–H and O–H groups in total. The zero-order valence-electron chi connectivity index (χ0n) is 10.2. The summed E-state index contributed by atoms with van der Waals surface area (Å²) < 4.78 is 1.47. The molecule has 1 unspecified atom stereocenters. The van der Waals surface area contributed by atoms with Crippen molar-refractivity contribution in [3.63, 3.8) is 0 Å². The number of halogens is 1. The van der Waals surface area contributed by atoms with E-state index in [1.165, 1.54) is 29.5 Å². The zero-order valence-corrected chi connectivity index (χ0v) is 11.0. The Labute approximate surface area is 115 Å². The number of nitrogens with zero attached hydrogens (tertiary/aromatic N) is 3. The van der Waals surface area contributed by atoms with Crippen LogP contribution in [0.2, 0.25) is 5.02 Å². The van der Waals surface area contributed by atoms with Crippen LogP contribution in [0, 0.1) is 11.8 Å². The van der Waals surface area contributed by atoms with Crippen LogP contribution in [-0.2, 0) is 12.1 Å². The van der Waals surface area contributed by atoms with E-state index in [9.17, 15) is 10.2 Å². The van der Waals surface area contributed by atoms with Crippen molar-refractivity contribution < 1.29 is 10.2 Å². The molecule has 2 rings (SSSR count). The fourth-order valence-electron chi connectivity index (χ4n) is 1.79. The molecule has 0 saturated carbocycles. The number of aromatic nitrogens is 3. The van der Waals surface area contributed by atoms with Gasteiger partial charge in [0.25, 0.3) is 0 Å². The quantitative estimate of drug-likeness (QED) is 0.835. The highest BCUT2D eigenvalue weighted by atomic mass is 35.5. The molecule has 0 radical (unpaired) electrons. The number of phenols is 1. The maximum absolute atomic E-state index is 10.7. The molecular weight excluding hydrogens is 266 g/mol. The predicted molar refractivity (Wildman–Crippen MR) is 70.5 cm³/mol. The third kappa shape index (κ3) is 2.87. The van der Waals surface area contributed by atoms with Crippen LogP contribution in [0.15, 0.2) is 30.9 Å². The van der Waals surface area contributed by atoms with Crippen LogP contribution in [0.5, 0.6) is 5.75 Å². The van der Waals surface area contributed by atoms with Gasteiger partial charge in [0.1, 0.15) is 18.4 Å². The largest absolute Gasteiger partial charge is 0.508 e. The van der Waals surface area contributed by atoms with E-state index in [0.717, 1.165) is 0 Å². The van der Waals surface area contributed by atoms with Crippen molar-refractivity contribution in [3.8, 4) is 17.6 Å². The lowest BCUT2D eigenvalue weighted by atomic mass is 9.94. The molecule has 6 heteroatoms. The molecule has 0 saturated heterocycles. The van der Waals surface area contributed by atoms with E-state index in [-0.39, 0.29) is 17.3 Å². The molecule has 0 fully saturated rings. The molecule has 19 heavy (non-hydrogen) atoms. The number of aromatic hydroxyl groups is 1. The number of aliphatic hydroxyl groups is 1. The van der Waals surface area contributed by atoms with Gasteiger partial charge < -0.3 is 10.2 Å². The number of hydrogen-bond acceptors (Lipinski definition) is 4. The summed E-state index contributed by atoms with van der Waals surface area (Å²) in [5, 5.41) is 24.2. The zero-order chi connectivity index (χ0) is 13.9. The molecule has 0 aliphatic carbocycles. The van der Waals surface area contributed by atoms with Gasteiger partial charge >= 0.3 is 0 Å². The summed E-state index contributed by atoms with van der Waals surface area (Å²) in [5.41, 5.74) is -1.08. The minimum atomic E-state index is -1.49. The topological polar surface area (TPSA) is 71.2 Å². The van der Waals surface area contributed by atoms with Crippen LogP contribution in [0.4, 0.5) is 0 Å². The van der Waals surface area contributed by atoms with Crippen LogP contribution in [0.3, 0.4) is 0 Å². The third-order valence-corrected chi connectivity index (χ3v) is 2.90. The van der Waals surface area contributed by atoms with Gasteiger partial charge in [-0.2, -0.15) is 5.10 Å². The molecule has 0 amide bonds. The summed E-state index contributed by atoms with van der Waals surface area (Å²) >= 11 is 6.06. The highest BCUT2D eigenvalue weighted by Crippen LogP contribution is 2.31. The van der Waals surface area contributed by atoms with Gasteiger partial charge in [0.05, 0.1) is 11.6 Å². The molecule has 1 atom stereocenters. The summed E-state index contributed by atoms with van der Waals surface area (Å²) in [5.74, 6) is 5.43. The number of benzene rings is 1. The van der Waals surface area contributed by atoms with Crippen LogP contribution in [-0.4, -0.2) is 25.0 Å². The van der Waals surface area contributed by atoms with Crippen molar-refractivity contribution in [2.75, 3.05) is 0 Å². The number of phenolic OH excluding ortho intramolecular Hbond substituents is 1. The van der Waals surface area contributed by atoms with Crippen molar-refractivity contribution in [2.45, 2.75) is 19.1 Å². The van der Waals surface area contributed by atoms with Crippen LogP contribution in [0.25, 0.3) is 0 Å². The first-order valence-electron chi connectivity index (χ1n) is 5.53. The normalized spacial score (nSPS) is 13.4. The molecule has 2 aromatic rings. The van der Waals surface area contributed by atoms with Crippen LogP contribution >= 0.6 is 11.6 Å². The molecule has 0 aliphatic rings. The second kappa shape index (κ2) is 5.31. The Morgan fingerprint density at radius 3 is 2.84 bits per heavy atom. The molecule has 5 nitrogen and oxygen atoms in total. The molecular formula is C13H12ClN3O2. The third-order valence-electron chi connectivity index (χ3n) is 2.59. The second-order valence-corrected chi connectivity index (χ2v) is 4.40. The summed E-state index contributed by atoms with van der Waals surface area (Å²) in [6.07, 6.45) is 2.86. The maximum Gasteiger partial charge on any atom is 0.172 e. The van der Waals surface area contributed by atoms with Gasteiger partial charge in [0.2, 0.25) is 0 Å². The first-order chi connectivity index (χ1) is 9.05. The average Bonchev–Trinajstić information content (AvgIpc) is 2.81. The minimum absolute atomic E-state index is 0.0290. The molecule has 1 aromatic heterocycles. The van der Waals surface area contributed by atoms with Gasteiger partial charge in [-0.25, -0.2) is 9.67 Å². The highest BCUT2D eigenvalue weighted by Gasteiger charge is 2.30. The Bertz CT molecular complexity index is 631. The van der Waals surface area contributed by atoms with Crippen molar-refractivity contribution in [1.29, 1.82) is 0 Å². The Morgan fingerprint density at radius 1 is 1.47 bits per heavy atom. The smallest absolute Gasteiger partial charge is 0.172 e. The SMILES string of the molecule is CC#CC(O)(Cn1cncn1)c1ccc(O)cc1Cl. The van der Waals surface area contributed by atoms with Gasteiger partial charge in [-0.05, 0) is 25.1 Å². The van der Waals surface area contributed by atoms with Gasteiger partial charge in [0, 0.05) is 5.56 Å². The first-order valence-corrected chi connectivity index (χ1v) is 5.90. The minimum Gasteiger partial charge on any atom is -0.508 e. The molecule has 0 aliphatic heterocycles. The highest BCUT2D eigenvalue weighted by molar-refractivity contribution is 6.31. The van der Waals surface area contributed by atoms with E-state index in [0.29, 0.717) is 5.56 Å². The van der Waals surface area contributed by atoms with Crippen molar-refractivity contribution in [1.82, 2.24) is 14.8 Å². The Balaban J connectivity index is 2.45. The van der Waals surface area contributed by atoms with Gasteiger partial charge in [-0.1, -0.05) is 17.5 Å². The van der Waals surface area contributed by atoms with E-state index in [1.807, 2.05) is 0 Å². The Hall–Kier alpha value is -2.03. The van der Waals surface area contributed by atoms with E-state index < -0.39 is 5.60 Å². The predicted octanol–water partition coefficient (Wildman–Crippen LogP) is 1.55. The standard InChI is InChI=1S/C13H12ClN3O2/c1-2-5-13(19,7-17-9-15-8-16-17)11-4-3-10(18)6-12(11)14/h3-4,6,8-9,18-19H,7H2,1H3. The summed E-state index contributed by atoms with van der Waals surface area (Å²) in [6, 6.07) is 4.35. The molecule has 1 aromatic carbocycles. The molecule has 0 spiro atoms. The van der Waals surface area contributed by atoms with Crippen molar-refractivity contribution in [2.24, 2.45) is 0 Å². The van der Waals surface area contributed by atoms with E-state index in [1.54, 1.807) is 13.0 Å². The molecule has 98 valence electrons. The van der Waals surface area contributed by atoms with Crippen LogP contribution < -0.4 is 0 Å². The Kier molecular flexibility index (Phi) is 3.74. The molecule has 0 bridgehead atoms. The summed E-state index contributed by atoms with van der Waals surface area (Å²) in [7, 11) is 0.